The number of rotatable bonds is 7. The van der Waals surface area contributed by atoms with Crippen molar-refractivity contribution in [2.75, 3.05) is 31.1 Å². The van der Waals surface area contributed by atoms with Crippen LogP contribution >= 0.6 is 0 Å². The van der Waals surface area contributed by atoms with Crippen LogP contribution in [0.1, 0.15) is 22.3 Å². The quantitative estimate of drug-likeness (QED) is 0.461. The number of anilines is 1. The molecule has 2 aliphatic carbocycles. The van der Waals surface area contributed by atoms with Crippen LogP contribution in [0, 0.1) is 5.92 Å². The summed E-state index contributed by atoms with van der Waals surface area (Å²) in [5, 5.41) is 0. The monoisotopic (exact) mass is 489 g/mol. The van der Waals surface area contributed by atoms with Crippen LogP contribution in [0.15, 0.2) is 97.1 Å². The summed E-state index contributed by atoms with van der Waals surface area (Å²) in [4.78, 5) is 40.2. The first-order chi connectivity index (χ1) is 18.1. The number of nitrogens with zero attached hydrogens (tertiary/aromatic N) is 5. The average molecular weight is 490 g/mol. The van der Waals surface area contributed by atoms with E-state index in [0.29, 0.717) is 43.4 Å². The fourth-order valence-corrected chi connectivity index (χ4v) is 4.75. The highest BCUT2D eigenvalue weighted by Crippen LogP contribution is 2.63. The fraction of sp³-hybridized carbons (Fsp3) is 0.200. The van der Waals surface area contributed by atoms with Crippen molar-refractivity contribution in [1.82, 2.24) is 19.8 Å². The van der Waals surface area contributed by atoms with E-state index in [4.69, 9.17) is 0 Å². The Hall–Kier alpha value is -4.52. The highest BCUT2D eigenvalue weighted by molar-refractivity contribution is 5.95. The lowest BCUT2D eigenvalue weighted by atomic mass is 10.1. The van der Waals surface area contributed by atoms with Crippen LogP contribution in [0.5, 0.6) is 0 Å². The predicted molar refractivity (Wildman–Crippen MR) is 143 cm³/mol. The first-order valence-corrected chi connectivity index (χ1v) is 12.5. The second kappa shape index (κ2) is 9.50. The Morgan fingerprint density at radius 2 is 1.65 bits per heavy atom. The Morgan fingerprint density at radius 1 is 0.919 bits per heavy atom. The minimum absolute atomic E-state index is 0.0460. The molecule has 1 saturated carbocycles. The van der Waals surface area contributed by atoms with Crippen molar-refractivity contribution in [3.63, 3.8) is 0 Å². The molecule has 0 bridgehead atoms. The summed E-state index contributed by atoms with van der Waals surface area (Å²) in [6.07, 6.45) is 9.89. The van der Waals surface area contributed by atoms with E-state index in [-0.39, 0.29) is 11.8 Å². The van der Waals surface area contributed by atoms with Gasteiger partial charge in [0, 0.05) is 73.7 Å². The number of aromatic nitrogens is 2. The molecule has 0 radical (unpaired) electrons. The molecule has 7 heteroatoms. The van der Waals surface area contributed by atoms with Crippen molar-refractivity contribution in [2.24, 2.45) is 5.92 Å². The van der Waals surface area contributed by atoms with Gasteiger partial charge in [-0.25, -0.2) is 0 Å². The van der Waals surface area contributed by atoms with E-state index < -0.39 is 0 Å². The Morgan fingerprint density at radius 3 is 2.30 bits per heavy atom. The van der Waals surface area contributed by atoms with Crippen molar-refractivity contribution in [3.8, 4) is 11.4 Å². The third-order valence-electron chi connectivity index (χ3n) is 7.10. The van der Waals surface area contributed by atoms with Crippen LogP contribution in [-0.2, 0) is 4.79 Å². The molecule has 3 aliphatic rings. The Labute approximate surface area is 216 Å². The van der Waals surface area contributed by atoms with Gasteiger partial charge in [0.2, 0.25) is 5.91 Å². The molecule has 6 rings (SSSR count). The molecule has 2 amide bonds. The lowest BCUT2D eigenvalue weighted by molar-refractivity contribution is -0.127. The minimum Gasteiger partial charge on any atom is -0.336 e. The van der Waals surface area contributed by atoms with E-state index >= 15 is 0 Å². The van der Waals surface area contributed by atoms with Crippen molar-refractivity contribution in [1.29, 1.82) is 0 Å². The average Bonchev–Trinajstić information content (AvgIpc) is 3.89. The second-order valence-corrected chi connectivity index (χ2v) is 9.41. The van der Waals surface area contributed by atoms with Crippen molar-refractivity contribution in [2.45, 2.75) is 6.42 Å². The normalized spacial score (nSPS) is 18.0. The van der Waals surface area contributed by atoms with Crippen molar-refractivity contribution >= 4 is 23.6 Å². The van der Waals surface area contributed by atoms with Gasteiger partial charge in [-0.2, -0.15) is 0 Å². The molecule has 0 spiro atoms. The molecule has 7 nitrogen and oxygen atoms in total. The third kappa shape index (κ3) is 4.68. The van der Waals surface area contributed by atoms with Crippen LogP contribution in [-0.4, -0.2) is 57.8 Å². The van der Waals surface area contributed by atoms with Gasteiger partial charge in [0.15, 0.2) is 0 Å². The van der Waals surface area contributed by atoms with Gasteiger partial charge in [-0.15, -0.1) is 0 Å². The van der Waals surface area contributed by atoms with Crippen molar-refractivity contribution < 1.29 is 9.59 Å². The lowest BCUT2D eigenvalue weighted by Gasteiger charge is -2.34. The van der Waals surface area contributed by atoms with Gasteiger partial charge in [0.25, 0.3) is 5.91 Å². The zero-order valence-corrected chi connectivity index (χ0v) is 20.5. The number of hydrogen-bond acceptors (Lipinski definition) is 5. The second-order valence-electron chi connectivity index (χ2n) is 9.41. The summed E-state index contributed by atoms with van der Waals surface area (Å²) in [6.45, 7) is 5.91. The predicted octanol–water partition coefficient (Wildman–Crippen LogP) is 4.38. The van der Waals surface area contributed by atoms with Gasteiger partial charge in [0.1, 0.15) is 0 Å². The minimum atomic E-state index is -0.0593. The number of pyridine rings is 2. The van der Waals surface area contributed by atoms with Crippen LogP contribution in [0.25, 0.3) is 17.5 Å². The first kappa shape index (κ1) is 22.9. The SMILES string of the molecule is C=CN(C1=C2CC21)c1ccc(/C=C/C(=O)N2CCN(C(=O)c3ccnc(-c4ccccn4)c3)CC2)cc1. The largest absolute Gasteiger partial charge is 0.336 e. The first-order valence-electron chi connectivity index (χ1n) is 12.5. The van der Waals surface area contributed by atoms with Crippen LogP contribution in [0.2, 0.25) is 0 Å². The molecular weight excluding hydrogens is 462 g/mol. The van der Waals surface area contributed by atoms with Gasteiger partial charge < -0.3 is 14.7 Å². The molecule has 1 saturated heterocycles. The Bertz CT molecular complexity index is 1420. The number of fused-ring (bicyclic) bond motifs is 1. The Kier molecular flexibility index (Phi) is 5.88. The summed E-state index contributed by atoms with van der Waals surface area (Å²) in [5.74, 6) is 0.589. The zero-order valence-electron chi connectivity index (χ0n) is 20.5. The molecule has 2 fully saturated rings. The van der Waals surface area contributed by atoms with Crippen LogP contribution < -0.4 is 4.90 Å². The zero-order chi connectivity index (χ0) is 25.4. The van der Waals surface area contributed by atoms with Gasteiger partial charge in [0.05, 0.1) is 11.4 Å². The van der Waals surface area contributed by atoms with E-state index in [1.807, 2.05) is 42.6 Å². The molecule has 2 aromatic heterocycles. The molecule has 1 unspecified atom stereocenters. The van der Waals surface area contributed by atoms with E-state index in [2.05, 4.69) is 33.6 Å². The summed E-state index contributed by atoms with van der Waals surface area (Å²) in [5.41, 5.74) is 6.96. The standard InChI is InChI=1S/C30H27N5O2/c1-2-35(29-24-20-25(24)29)23-9-6-21(7-10-23)8-11-28(36)33-15-17-34(18-16-33)30(37)22-12-14-32-27(19-22)26-5-3-4-13-31-26/h2-14,19,24H,1,15-18,20H2/b11-8+. The number of amides is 2. The highest BCUT2D eigenvalue weighted by Gasteiger charge is 2.53. The van der Waals surface area contributed by atoms with Gasteiger partial charge in [-0.1, -0.05) is 24.8 Å². The number of carbonyl (C=O) groups is 2. The topological polar surface area (TPSA) is 69.6 Å². The fourth-order valence-electron chi connectivity index (χ4n) is 4.75. The smallest absolute Gasteiger partial charge is 0.254 e. The maximum absolute atomic E-state index is 13.1. The van der Waals surface area contributed by atoms with E-state index in [1.165, 1.54) is 12.1 Å². The summed E-state index contributed by atoms with van der Waals surface area (Å²) < 4.78 is 0. The molecule has 1 aromatic carbocycles. The third-order valence-corrected chi connectivity index (χ3v) is 7.10. The van der Waals surface area contributed by atoms with E-state index in [9.17, 15) is 9.59 Å². The maximum atomic E-state index is 13.1. The Balaban J connectivity index is 1.03. The highest BCUT2D eigenvalue weighted by atomic mass is 16.2. The van der Waals surface area contributed by atoms with Crippen molar-refractivity contribution in [3.05, 3.63) is 108 Å². The summed E-state index contributed by atoms with van der Waals surface area (Å²) in [7, 11) is 0. The number of hydrogen-bond donors (Lipinski definition) is 0. The number of piperazine rings is 1. The lowest BCUT2D eigenvalue weighted by Crippen LogP contribution is -2.50. The summed E-state index contributed by atoms with van der Waals surface area (Å²) in [6, 6.07) is 17.2. The molecule has 184 valence electrons. The molecular formula is C30H27N5O2. The van der Waals surface area contributed by atoms with Gasteiger partial charge in [-0.3, -0.25) is 19.6 Å². The molecule has 3 aromatic rings. The van der Waals surface area contributed by atoms with Gasteiger partial charge >= 0.3 is 0 Å². The van der Waals surface area contributed by atoms with E-state index in [1.54, 1.807) is 46.0 Å². The number of allylic oxidation sites excluding steroid dienone is 2. The van der Waals surface area contributed by atoms with Crippen LogP contribution in [0.3, 0.4) is 0 Å². The molecule has 37 heavy (non-hydrogen) atoms. The van der Waals surface area contributed by atoms with E-state index in [0.717, 1.165) is 16.9 Å². The molecule has 1 atom stereocenters. The maximum Gasteiger partial charge on any atom is 0.254 e. The molecule has 0 N–H and O–H groups in total. The van der Waals surface area contributed by atoms with Gasteiger partial charge in [-0.05, 0) is 60.0 Å². The molecule has 3 heterocycles. The summed E-state index contributed by atoms with van der Waals surface area (Å²) >= 11 is 0. The number of benzene rings is 1. The molecule has 1 aliphatic heterocycles. The number of carbonyl (C=O) groups excluding carboxylic acids is 2. The van der Waals surface area contributed by atoms with Crippen LogP contribution in [0.4, 0.5) is 5.69 Å².